The largest absolute Gasteiger partial charge is 0.450 e. The number of carbonyl (C=O) groups is 1. The van der Waals surface area contributed by atoms with Crippen molar-refractivity contribution >= 4 is 16.1 Å². The highest BCUT2D eigenvalue weighted by Gasteiger charge is 2.23. The minimum absolute atomic E-state index is 0.195. The molecule has 1 atom stereocenters. The van der Waals surface area contributed by atoms with Crippen molar-refractivity contribution in [3.63, 3.8) is 0 Å². The Morgan fingerprint density at radius 2 is 1.87 bits per heavy atom. The van der Waals surface area contributed by atoms with Gasteiger partial charge in [-0.05, 0) is 38.0 Å². The van der Waals surface area contributed by atoms with Crippen LogP contribution in [-0.2, 0) is 14.8 Å². The van der Waals surface area contributed by atoms with E-state index in [4.69, 9.17) is 4.74 Å². The van der Waals surface area contributed by atoms with Gasteiger partial charge in [0.25, 0.3) is 0 Å². The molecule has 136 valence electrons. The summed E-state index contributed by atoms with van der Waals surface area (Å²) < 4.78 is 32.0. The van der Waals surface area contributed by atoms with E-state index in [2.05, 4.69) is 10.0 Å². The fourth-order valence-corrected chi connectivity index (χ4v) is 4.58. The Morgan fingerprint density at radius 3 is 2.43 bits per heavy atom. The minimum Gasteiger partial charge on any atom is -0.450 e. The number of sulfonamides is 1. The van der Waals surface area contributed by atoms with E-state index in [0.29, 0.717) is 18.9 Å². The number of alkyl carbamates (subject to hydrolysis) is 1. The molecule has 1 unspecified atom stereocenters. The molecular formula is C16H32N2O4S. The van der Waals surface area contributed by atoms with Crippen LogP contribution in [0.25, 0.3) is 0 Å². The predicted molar refractivity (Wildman–Crippen MR) is 91.8 cm³/mol. The van der Waals surface area contributed by atoms with Gasteiger partial charge in [-0.1, -0.05) is 33.1 Å². The number of carbonyl (C=O) groups excluding carboxylic acids is 1. The van der Waals surface area contributed by atoms with Crippen molar-refractivity contribution in [3.8, 4) is 0 Å². The maximum Gasteiger partial charge on any atom is 0.407 e. The van der Waals surface area contributed by atoms with Crippen LogP contribution in [0.3, 0.4) is 0 Å². The van der Waals surface area contributed by atoms with E-state index < -0.39 is 16.1 Å². The van der Waals surface area contributed by atoms with Gasteiger partial charge in [-0.2, -0.15) is 0 Å². The predicted octanol–water partition coefficient (Wildman–Crippen LogP) is 2.65. The lowest BCUT2D eigenvalue weighted by Crippen LogP contribution is -2.45. The molecule has 1 rings (SSSR count). The van der Waals surface area contributed by atoms with Gasteiger partial charge in [0.15, 0.2) is 0 Å². The highest BCUT2D eigenvalue weighted by molar-refractivity contribution is 7.89. The average Bonchev–Trinajstić information content (AvgIpc) is 2.45. The van der Waals surface area contributed by atoms with Gasteiger partial charge in [-0.15, -0.1) is 0 Å². The first-order valence-electron chi connectivity index (χ1n) is 8.73. The van der Waals surface area contributed by atoms with Gasteiger partial charge in [0, 0.05) is 12.6 Å². The van der Waals surface area contributed by atoms with Crippen LogP contribution >= 0.6 is 0 Å². The number of hydrogen-bond acceptors (Lipinski definition) is 4. The second kappa shape index (κ2) is 10.1. The lowest BCUT2D eigenvalue weighted by molar-refractivity contribution is 0.146. The standard InChI is InChI=1S/C16H32N2O4S/c1-4-22-16(19)18-15(10-13(2)3)11-17-23(20,21)12-14-8-6-5-7-9-14/h13-15,17H,4-12H2,1-3H3,(H,18,19). The first-order valence-corrected chi connectivity index (χ1v) is 10.4. The lowest BCUT2D eigenvalue weighted by atomic mass is 9.91. The number of hydrogen-bond donors (Lipinski definition) is 2. The highest BCUT2D eigenvalue weighted by Crippen LogP contribution is 2.24. The lowest BCUT2D eigenvalue weighted by Gasteiger charge is -2.23. The Labute approximate surface area is 140 Å². The second-order valence-corrected chi connectivity index (χ2v) is 8.68. The zero-order valence-corrected chi connectivity index (χ0v) is 15.5. The first kappa shape index (κ1) is 20.2. The minimum atomic E-state index is -3.30. The fraction of sp³-hybridized carbons (Fsp3) is 0.938. The van der Waals surface area contributed by atoms with E-state index in [0.717, 1.165) is 25.7 Å². The molecule has 0 heterocycles. The summed E-state index contributed by atoms with van der Waals surface area (Å²) in [5.74, 6) is 0.813. The van der Waals surface area contributed by atoms with E-state index in [9.17, 15) is 13.2 Å². The molecule has 0 radical (unpaired) electrons. The molecule has 2 N–H and O–H groups in total. The van der Waals surface area contributed by atoms with Gasteiger partial charge in [0.1, 0.15) is 0 Å². The molecule has 0 aromatic carbocycles. The maximum atomic E-state index is 12.2. The van der Waals surface area contributed by atoms with E-state index in [-0.39, 0.29) is 24.3 Å². The molecule has 0 aliphatic heterocycles. The van der Waals surface area contributed by atoms with Crippen LogP contribution in [0.2, 0.25) is 0 Å². The molecule has 23 heavy (non-hydrogen) atoms. The number of amides is 1. The van der Waals surface area contributed by atoms with E-state index >= 15 is 0 Å². The smallest absolute Gasteiger partial charge is 0.407 e. The van der Waals surface area contributed by atoms with Gasteiger partial charge in [-0.3, -0.25) is 0 Å². The number of rotatable bonds is 9. The molecule has 1 fully saturated rings. The molecule has 0 aromatic rings. The summed E-state index contributed by atoms with van der Waals surface area (Å²) in [6.45, 7) is 6.33. The summed E-state index contributed by atoms with van der Waals surface area (Å²) >= 11 is 0. The summed E-state index contributed by atoms with van der Waals surface area (Å²) in [6, 6.07) is -0.254. The Bertz CT molecular complexity index is 445. The van der Waals surface area contributed by atoms with Crippen LogP contribution in [0.5, 0.6) is 0 Å². The molecule has 0 aromatic heterocycles. The molecular weight excluding hydrogens is 316 g/mol. The number of nitrogens with one attached hydrogen (secondary N) is 2. The number of ether oxygens (including phenoxy) is 1. The van der Waals surface area contributed by atoms with E-state index in [1.165, 1.54) is 6.42 Å². The van der Waals surface area contributed by atoms with Crippen LogP contribution in [0.4, 0.5) is 4.79 Å². The molecule has 0 bridgehead atoms. The Kier molecular flexibility index (Phi) is 8.91. The van der Waals surface area contributed by atoms with Crippen LogP contribution in [0.15, 0.2) is 0 Å². The summed E-state index contributed by atoms with van der Waals surface area (Å²) in [7, 11) is -3.30. The fourth-order valence-electron chi connectivity index (χ4n) is 3.05. The van der Waals surface area contributed by atoms with Crippen LogP contribution < -0.4 is 10.0 Å². The van der Waals surface area contributed by atoms with Crippen molar-refractivity contribution < 1.29 is 17.9 Å². The van der Waals surface area contributed by atoms with Crippen molar-refractivity contribution in [3.05, 3.63) is 0 Å². The van der Waals surface area contributed by atoms with Gasteiger partial charge in [0.2, 0.25) is 10.0 Å². The average molecular weight is 349 g/mol. The monoisotopic (exact) mass is 348 g/mol. The highest BCUT2D eigenvalue weighted by atomic mass is 32.2. The SMILES string of the molecule is CCOC(=O)NC(CNS(=O)(=O)CC1CCCCC1)CC(C)C. The summed E-state index contributed by atoms with van der Waals surface area (Å²) in [6.07, 6.45) is 5.66. The molecule has 1 saturated carbocycles. The Hall–Kier alpha value is -0.820. The summed E-state index contributed by atoms with van der Waals surface area (Å²) in [4.78, 5) is 11.6. The van der Waals surface area contributed by atoms with Gasteiger partial charge in [-0.25, -0.2) is 17.9 Å². The van der Waals surface area contributed by atoms with E-state index in [1.54, 1.807) is 6.92 Å². The third kappa shape index (κ3) is 9.15. The van der Waals surface area contributed by atoms with Gasteiger partial charge >= 0.3 is 6.09 Å². The second-order valence-electron chi connectivity index (χ2n) is 6.83. The molecule has 7 heteroatoms. The van der Waals surface area contributed by atoms with E-state index in [1.807, 2.05) is 13.8 Å². The summed E-state index contributed by atoms with van der Waals surface area (Å²) in [5.41, 5.74) is 0. The quantitative estimate of drug-likeness (QED) is 0.671. The van der Waals surface area contributed by atoms with Crippen molar-refractivity contribution in [2.75, 3.05) is 18.9 Å². The Morgan fingerprint density at radius 1 is 1.22 bits per heavy atom. The van der Waals surface area contributed by atoms with Crippen LogP contribution in [-0.4, -0.2) is 39.5 Å². The third-order valence-corrected chi connectivity index (χ3v) is 5.60. The third-order valence-electron chi connectivity index (χ3n) is 4.08. The van der Waals surface area contributed by atoms with Crippen molar-refractivity contribution in [1.29, 1.82) is 0 Å². The van der Waals surface area contributed by atoms with Crippen molar-refractivity contribution in [2.45, 2.75) is 65.3 Å². The zero-order valence-electron chi connectivity index (χ0n) is 14.6. The van der Waals surface area contributed by atoms with Gasteiger partial charge < -0.3 is 10.1 Å². The van der Waals surface area contributed by atoms with Crippen LogP contribution in [0, 0.1) is 11.8 Å². The first-order chi connectivity index (χ1) is 10.8. The Balaban J connectivity index is 2.48. The summed E-state index contributed by atoms with van der Waals surface area (Å²) in [5, 5.41) is 2.74. The molecule has 0 saturated heterocycles. The van der Waals surface area contributed by atoms with Crippen molar-refractivity contribution in [2.24, 2.45) is 11.8 Å². The molecule has 6 nitrogen and oxygen atoms in total. The maximum absolute atomic E-state index is 12.2. The normalized spacial score (nSPS) is 17.9. The molecule has 1 amide bonds. The van der Waals surface area contributed by atoms with Gasteiger partial charge in [0.05, 0.1) is 12.4 Å². The molecule has 0 spiro atoms. The van der Waals surface area contributed by atoms with Crippen molar-refractivity contribution in [1.82, 2.24) is 10.0 Å². The topological polar surface area (TPSA) is 84.5 Å². The molecule has 1 aliphatic rings. The zero-order chi connectivity index (χ0) is 17.3. The van der Waals surface area contributed by atoms with Crippen LogP contribution in [0.1, 0.15) is 59.3 Å². The molecule has 1 aliphatic carbocycles.